The Kier molecular flexibility index (Phi) is 15.5. The van der Waals surface area contributed by atoms with Crippen molar-refractivity contribution in [1.29, 1.82) is 0 Å². The van der Waals surface area contributed by atoms with Gasteiger partial charge in [0, 0.05) is 25.0 Å². The minimum absolute atomic E-state index is 0.459. The van der Waals surface area contributed by atoms with Crippen LogP contribution in [0.4, 0.5) is 0 Å². The summed E-state index contributed by atoms with van der Waals surface area (Å²) in [6.07, 6.45) is 15.0. The van der Waals surface area contributed by atoms with Gasteiger partial charge in [-0.3, -0.25) is 0 Å². The molecule has 0 aliphatic rings. The van der Waals surface area contributed by atoms with E-state index in [2.05, 4.69) is 76.2 Å². The summed E-state index contributed by atoms with van der Waals surface area (Å²) < 4.78 is 0. The number of hydrogen-bond donors (Lipinski definition) is 0. The lowest BCUT2D eigenvalue weighted by Crippen LogP contribution is -2.25. The van der Waals surface area contributed by atoms with Crippen molar-refractivity contribution < 1.29 is 0 Å². The summed E-state index contributed by atoms with van der Waals surface area (Å²) in [5.41, 5.74) is 2.42. The lowest BCUT2D eigenvalue weighted by molar-refractivity contribution is 0.328. The molecule has 1 rings (SSSR count). The number of unbranched alkanes of at least 4 members (excludes halogenated alkanes) is 1. The molecule has 0 fully saturated rings. The van der Waals surface area contributed by atoms with E-state index in [1.807, 2.05) is 18.2 Å². The Balaban J connectivity index is 0.000000609. The van der Waals surface area contributed by atoms with E-state index >= 15 is 0 Å². The Labute approximate surface area is 179 Å². The van der Waals surface area contributed by atoms with Crippen LogP contribution in [0.3, 0.4) is 0 Å². The van der Waals surface area contributed by atoms with Gasteiger partial charge >= 0.3 is 0 Å². The SMILES string of the molecule is C=C/C=C(\C=C/CCC)N(CCC)CCC(C)C.CC(C)c1cccnc1Cl. The molecule has 0 spiro atoms. The first-order valence-electron chi connectivity index (χ1n) is 10.7. The third kappa shape index (κ3) is 12.0. The molecule has 1 aromatic heterocycles. The fourth-order valence-electron chi connectivity index (χ4n) is 2.64. The van der Waals surface area contributed by atoms with Gasteiger partial charge in [0.05, 0.1) is 0 Å². The Hall–Kier alpha value is -1.54. The molecule has 3 heteroatoms. The zero-order valence-corrected chi connectivity index (χ0v) is 19.7. The van der Waals surface area contributed by atoms with Crippen molar-refractivity contribution >= 4 is 11.6 Å². The zero-order chi connectivity index (χ0) is 21.4. The number of pyridine rings is 1. The lowest BCUT2D eigenvalue weighted by Gasteiger charge is -2.26. The van der Waals surface area contributed by atoms with Crippen LogP contribution in [-0.2, 0) is 0 Å². The van der Waals surface area contributed by atoms with E-state index in [1.165, 1.54) is 25.0 Å². The summed E-state index contributed by atoms with van der Waals surface area (Å²) >= 11 is 5.81. The molecule has 1 aromatic rings. The zero-order valence-electron chi connectivity index (χ0n) is 18.9. The maximum Gasteiger partial charge on any atom is 0.132 e. The average molecular weight is 405 g/mol. The van der Waals surface area contributed by atoms with E-state index < -0.39 is 0 Å². The summed E-state index contributed by atoms with van der Waals surface area (Å²) in [7, 11) is 0. The van der Waals surface area contributed by atoms with E-state index in [4.69, 9.17) is 11.6 Å². The van der Waals surface area contributed by atoms with Crippen LogP contribution >= 0.6 is 11.6 Å². The Morgan fingerprint density at radius 3 is 2.36 bits per heavy atom. The van der Waals surface area contributed by atoms with Crippen molar-refractivity contribution in [3.8, 4) is 0 Å². The number of rotatable bonds is 11. The van der Waals surface area contributed by atoms with Gasteiger partial charge in [0.15, 0.2) is 0 Å². The van der Waals surface area contributed by atoms with E-state index in [1.54, 1.807) is 6.20 Å². The number of hydrogen-bond acceptors (Lipinski definition) is 2. The highest BCUT2D eigenvalue weighted by Gasteiger charge is 2.06. The highest BCUT2D eigenvalue weighted by molar-refractivity contribution is 6.30. The maximum atomic E-state index is 5.81. The van der Waals surface area contributed by atoms with Crippen LogP contribution in [0.15, 0.2) is 54.9 Å². The molecular weight excluding hydrogens is 364 g/mol. The molecule has 0 N–H and O–H groups in total. The molecule has 28 heavy (non-hydrogen) atoms. The fourth-order valence-corrected chi connectivity index (χ4v) is 2.98. The predicted molar refractivity (Wildman–Crippen MR) is 127 cm³/mol. The van der Waals surface area contributed by atoms with Crippen molar-refractivity contribution in [3.63, 3.8) is 0 Å². The Morgan fingerprint density at radius 2 is 1.89 bits per heavy atom. The molecule has 0 radical (unpaired) electrons. The Morgan fingerprint density at radius 1 is 1.18 bits per heavy atom. The summed E-state index contributed by atoms with van der Waals surface area (Å²) in [6, 6.07) is 3.90. The molecule has 158 valence electrons. The molecular formula is C25H41ClN2. The molecule has 1 heterocycles. The molecule has 0 aromatic carbocycles. The van der Waals surface area contributed by atoms with Crippen molar-refractivity contribution in [2.24, 2.45) is 5.92 Å². The summed E-state index contributed by atoms with van der Waals surface area (Å²) in [6.45, 7) is 19.3. The van der Waals surface area contributed by atoms with Crippen molar-refractivity contribution in [2.75, 3.05) is 13.1 Å². The number of aromatic nitrogens is 1. The molecule has 0 aliphatic heterocycles. The minimum Gasteiger partial charge on any atom is -0.372 e. The van der Waals surface area contributed by atoms with Gasteiger partial charge in [-0.2, -0.15) is 0 Å². The van der Waals surface area contributed by atoms with Crippen LogP contribution in [0.2, 0.25) is 5.15 Å². The van der Waals surface area contributed by atoms with Gasteiger partial charge in [-0.15, -0.1) is 0 Å². The van der Waals surface area contributed by atoms with Crippen molar-refractivity contribution in [2.45, 2.75) is 73.1 Å². The van der Waals surface area contributed by atoms with Crippen LogP contribution in [-0.4, -0.2) is 23.0 Å². The minimum atomic E-state index is 0.459. The lowest BCUT2D eigenvalue weighted by atomic mass is 10.1. The first-order chi connectivity index (χ1) is 13.4. The van der Waals surface area contributed by atoms with Gasteiger partial charge in [0.25, 0.3) is 0 Å². The van der Waals surface area contributed by atoms with Gasteiger partial charge in [0.2, 0.25) is 0 Å². The van der Waals surface area contributed by atoms with Gasteiger partial charge < -0.3 is 4.90 Å². The Bertz CT molecular complexity index is 588. The predicted octanol–water partition coefficient (Wildman–Crippen LogP) is 8.03. The molecule has 0 aliphatic carbocycles. The first-order valence-corrected chi connectivity index (χ1v) is 11.1. The molecule has 0 saturated carbocycles. The molecule has 0 unspecified atom stereocenters. The monoisotopic (exact) mass is 404 g/mol. The van der Waals surface area contributed by atoms with Crippen LogP contribution in [0, 0.1) is 5.92 Å². The second-order valence-corrected chi connectivity index (χ2v) is 8.08. The van der Waals surface area contributed by atoms with Crippen LogP contribution in [0.25, 0.3) is 0 Å². The summed E-state index contributed by atoms with van der Waals surface area (Å²) in [5.74, 6) is 1.22. The van der Waals surface area contributed by atoms with Crippen LogP contribution < -0.4 is 0 Å². The highest BCUT2D eigenvalue weighted by Crippen LogP contribution is 2.20. The van der Waals surface area contributed by atoms with Gasteiger partial charge in [0.1, 0.15) is 5.15 Å². The van der Waals surface area contributed by atoms with Gasteiger partial charge in [-0.1, -0.05) is 84.4 Å². The molecule has 0 saturated heterocycles. The second-order valence-electron chi connectivity index (χ2n) is 7.73. The molecule has 0 amide bonds. The molecule has 0 atom stereocenters. The van der Waals surface area contributed by atoms with Crippen LogP contribution in [0.5, 0.6) is 0 Å². The van der Waals surface area contributed by atoms with Crippen molar-refractivity contribution in [1.82, 2.24) is 9.88 Å². The maximum absolute atomic E-state index is 5.81. The quantitative estimate of drug-likeness (QED) is 0.274. The standard InChI is InChI=1S/C17H31N.C8H10ClN/c1-6-9-10-12-17(11-7-2)18(14-8-3)15-13-16(4)5;1-6(2)7-4-3-5-10-8(7)9/h7,10-12,16H,2,6,8-9,13-15H2,1,3-5H3;3-6H,1-2H3/b12-10-,17-11+;. The van der Waals surface area contributed by atoms with Gasteiger partial charge in [-0.05, 0) is 54.9 Å². The van der Waals surface area contributed by atoms with Crippen LogP contribution in [0.1, 0.15) is 78.7 Å². The molecule has 2 nitrogen and oxygen atoms in total. The largest absolute Gasteiger partial charge is 0.372 e. The third-order valence-electron chi connectivity index (χ3n) is 4.28. The topological polar surface area (TPSA) is 16.1 Å². The first kappa shape index (κ1) is 26.5. The highest BCUT2D eigenvalue weighted by atomic mass is 35.5. The third-order valence-corrected chi connectivity index (χ3v) is 4.59. The summed E-state index contributed by atoms with van der Waals surface area (Å²) in [5, 5.41) is 0.623. The number of halogens is 1. The fraction of sp³-hybridized carbons (Fsp3) is 0.560. The second kappa shape index (κ2) is 16.4. The van der Waals surface area contributed by atoms with E-state index in [0.717, 1.165) is 31.0 Å². The van der Waals surface area contributed by atoms with E-state index in [0.29, 0.717) is 11.1 Å². The van der Waals surface area contributed by atoms with Crippen molar-refractivity contribution in [3.05, 3.63) is 65.6 Å². The smallest absolute Gasteiger partial charge is 0.132 e. The average Bonchev–Trinajstić information content (AvgIpc) is 2.65. The number of nitrogens with zero attached hydrogens (tertiary/aromatic N) is 2. The summed E-state index contributed by atoms with van der Waals surface area (Å²) in [4.78, 5) is 6.45. The molecule has 0 bridgehead atoms. The number of allylic oxidation sites excluding steroid dienone is 4. The van der Waals surface area contributed by atoms with Gasteiger partial charge in [-0.25, -0.2) is 4.98 Å². The van der Waals surface area contributed by atoms with E-state index in [9.17, 15) is 0 Å². The van der Waals surface area contributed by atoms with E-state index in [-0.39, 0.29) is 0 Å². The normalized spacial score (nSPS) is 11.7.